The van der Waals surface area contributed by atoms with Crippen LogP contribution in [0.4, 0.5) is 4.39 Å². The van der Waals surface area contributed by atoms with Crippen molar-refractivity contribution in [2.45, 2.75) is 13.0 Å². The van der Waals surface area contributed by atoms with Crippen LogP contribution in [0.3, 0.4) is 0 Å². The van der Waals surface area contributed by atoms with Crippen LogP contribution in [0.1, 0.15) is 17.3 Å². The highest BCUT2D eigenvalue weighted by Crippen LogP contribution is 2.21. The first kappa shape index (κ1) is 16.6. The Bertz CT molecular complexity index is 680. The number of ether oxygens (including phenoxy) is 1. The summed E-state index contributed by atoms with van der Waals surface area (Å²) in [6.07, 6.45) is 1.50. The van der Waals surface area contributed by atoms with Gasteiger partial charge < -0.3 is 10.1 Å². The molecule has 2 N–H and O–H groups in total. The second-order valence-electron chi connectivity index (χ2n) is 5.95. The fraction of sp³-hybridized carbons (Fsp3) is 0.412. The molecule has 0 bridgehead atoms. The Hall–Kier alpha value is -2.25. The first-order valence-electron chi connectivity index (χ1n) is 8.04. The lowest BCUT2D eigenvalue weighted by atomic mass is 10.1. The summed E-state index contributed by atoms with van der Waals surface area (Å²) < 4.78 is 18.4. The number of aromatic nitrogens is 2. The van der Waals surface area contributed by atoms with Crippen LogP contribution < -0.4 is 5.32 Å². The number of nitrogens with zero attached hydrogens (tertiary/aromatic N) is 2. The van der Waals surface area contributed by atoms with Gasteiger partial charge in [-0.3, -0.25) is 14.8 Å². The second-order valence-corrected chi connectivity index (χ2v) is 5.95. The lowest BCUT2D eigenvalue weighted by Gasteiger charge is -2.29. The standard InChI is InChI=1S/C17H21FN4O2/c1-12(11-22-6-8-24-9-7-22)20-17(23)15-10-19-21-16(15)13-2-4-14(18)5-3-13/h2-5,10,12H,6-9,11H2,1H3,(H,19,21)(H,20,23)/t12-/m1/s1. The van der Waals surface area contributed by atoms with Gasteiger partial charge in [0.25, 0.3) is 5.91 Å². The SMILES string of the molecule is C[C@H](CN1CCOCC1)NC(=O)c1cn[nH]c1-c1ccc(F)cc1. The van der Waals surface area contributed by atoms with Crippen molar-refractivity contribution in [3.05, 3.63) is 41.8 Å². The van der Waals surface area contributed by atoms with Crippen LogP contribution in [0, 0.1) is 5.82 Å². The molecule has 2 heterocycles. The summed E-state index contributed by atoms with van der Waals surface area (Å²) in [5, 5.41) is 9.77. The summed E-state index contributed by atoms with van der Waals surface area (Å²) in [5.41, 5.74) is 1.77. The number of hydrogen-bond donors (Lipinski definition) is 2. The highest BCUT2D eigenvalue weighted by atomic mass is 19.1. The second kappa shape index (κ2) is 7.55. The summed E-state index contributed by atoms with van der Waals surface area (Å²) in [5.74, 6) is -0.507. The van der Waals surface area contributed by atoms with Crippen LogP contribution in [-0.2, 0) is 4.74 Å². The van der Waals surface area contributed by atoms with Gasteiger partial charge in [-0.05, 0) is 31.2 Å². The van der Waals surface area contributed by atoms with Crippen molar-refractivity contribution in [2.24, 2.45) is 0 Å². The summed E-state index contributed by atoms with van der Waals surface area (Å²) in [6, 6.07) is 5.97. The molecule has 0 unspecified atom stereocenters. The number of benzene rings is 1. The first-order valence-corrected chi connectivity index (χ1v) is 8.04. The van der Waals surface area contributed by atoms with E-state index < -0.39 is 0 Å². The minimum atomic E-state index is -0.316. The zero-order valence-corrected chi connectivity index (χ0v) is 13.6. The quantitative estimate of drug-likeness (QED) is 0.874. The molecule has 0 aliphatic carbocycles. The monoisotopic (exact) mass is 332 g/mol. The zero-order chi connectivity index (χ0) is 16.9. The molecule has 3 rings (SSSR count). The van der Waals surface area contributed by atoms with E-state index in [0.717, 1.165) is 38.4 Å². The predicted molar refractivity (Wildman–Crippen MR) is 88.2 cm³/mol. The molecule has 6 nitrogen and oxygen atoms in total. The molecule has 2 aromatic rings. The highest BCUT2D eigenvalue weighted by molar-refractivity contribution is 5.99. The summed E-state index contributed by atoms with van der Waals surface area (Å²) in [6.45, 7) is 5.98. The van der Waals surface area contributed by atoms with Crippen molar-refractivity contribution in [1.29, 1.82) is 0 Å². The Morgan fingerprint density at radius 3 is 2.79 bits per heavy atom. The number of halogens is 1. The number of carbonyl (C=O) groups excluding carboxylic acids is 1. The number of hydrogen-bond acceptors (Lipinski definition) is 4. The molecule has 1 aromatic carbocycles. The maximum Gasteiger partial charge on any atom is 0.255 e. The summed E-state index contributed by atoms with van der Waals surface area (Å²) in [4.78, 5) is 14.8. The minimum Gasteiger partial charge on any atom is -0.379 e. The Morgan fingerprint density at radius 1 is 1.38 bits per heavy atom. The topological polar surface area (TPSA) is 70.2 Å². The van der Waals surface area contributed by atoms with Crippen molar-refractivity contribution in [1.82, 2.24) is 20.4 Å². The van der Waals surface area contributed by atoms with Gasteiger partial charge in [-0.25, -0.2) is 4.39 Å². The van der Waals surface area contributed by atoms with E-state index in [1.54, 1.807) is 12.1 Å². The highest BCUT2D eigenvalue weighted by Gasteiger charge is 2.19. The van der Waals surface area contributed by atoms with Gasteiger partial charge in [0.05, 0.1) is 30.7 Å². The van der Waals surface area contributed by atoms with E-state index >= 15 is 0 Å². The van der Waals surface area contributed by atoms with Gasteiger partial charge in [-0.2, -0.15) is 5.10 Å². The summed E-state index contributed by atoms with van der Waals surface area (Å²) >= 11 is 0. The number of H-pyrrole nitrogens is 1. The average molecular weight is 332 g/mol. The molecule has 1 fully saturated rings. The number of morpholine rings is 1. The Morgan fingerprint density at radius 2 is 2.08 bits per heavy atom. The fourth-order valence-corrected chi connectivity index (χ4v) is 2.81. The third-order valence-corrected chi connectivity index (χ3v) is 4.03. The van der Waals surface area contributed by atoms with Gasteiger partial charge in [0.2, 0.25) is 0 Å². The zero-order valence-electron chi connectivity index (χ0n) is 13.6. The van der Waals surface area contributed by atoms with Crippen LogP contribution in [-0.4, -0.2) is 59.9 Å². The molecule has 7 heteroatoms. The van der Waals surface area contributed by atoms with Crippen LogP contribution in [0.2, 0.25) is 0 Å². The van der Waals surface area contributed by atoms with Crippen molar-refractivity contribution >= 4 is 5.91 Å². The molecule has 1 saturated heterocycles. The van der Waals surface area contributed by atoms with Gasteiger partial charge in [0.1, 0.15) is 5.82 Å². The largest absolute Gasteiger partial charge is 0.379 e. The van der Waals surface area contributed by atoms with Crippen molar-refractivity contribution in [2.75, 3.05) is 32.8 Å². The molecule has 128 valence electrons. The maximum atomic E-state index is 13.1. The molecular formula is C17H21FN4O2. The maximum absolute atomic E-state index is 13.1. The number of carbonyl (C=O) groups is 1. The lowest BCUT2D eigenvalue weighted by Crippen LogP contribution is -2.46. The van der Waals surface area contributed by atoms with Gasteiger partial charge >= 0.3 is 0 Å². The van der Waals surface area contributed by atoms with E-state index in [9.17, 15) is 9.18 Å². The first-order chi connectivity index (χ1) is 11.6. The van der Waals surface area contributed by atoms with E-state index in [4.69, 9.17) is 4.74 Å². The third kappa shape index (κ3) is 3.98. The van der Waals surface area contributed by atoms with Gasteiger partial charge in [0, 0.05) is 31.2 Å². The molecule has 1 aliphatic rings. The van der Waals surface area contributed by atoms with Crippen molar-refractivity contribution < 1.29 is 13.9 Å². The molecule has 1 aromatic heterocycles. The van der Waals surface area contributed by atoms with E-state index in [2.05, 4.69) is 20.4 Å². The van der Waals surface area contributed by atoms with Crippen molar-refractivity contribution in [3.8, 4) is 11.3 Å². The van der Waals surface area contributed by atoms with Crippen LogP contribution >= 0.6 is 0 Å². The number of nitrogens with one attached hydrogen (secondary N) is 2. The molecule has 1 atom stereocenters. The van der Waals surface area contributed by atoms with Crippen molar-refractivity contribution in [3.63, 3.8) is 0 Å². The molecule has 1 amide bonds. The molecular weight excluding hydrogens is 311 g/mol. The minimum absolute atomic E-state index is 0.00608. The molecule has 0 spiro atoms. The van der Waals surface area contributed by atoms with E-state index in [1.165, 1.54) is 18.3 Å². The third-order valence-electron chi connectivity index (χ3n) is 4.03. The van der Waals surface area contributed by atoms with Gasteiger partial charge in [0.15, 0.2) is 0 Å². The lowest BCUT2D eigenvalue weighted by molar-refractivity contribution is 0.0342. The Balaban J connectivity index is 1.65. The Kier molecular flexibility index (Phi) is 5.22. The van der Waals surface area contributed by atoms with Crippen LogP contribution in [0.15, 0.2) is 30.5 Å². The average Bonchev–Trinajstić information content (AvgIpc) is 3.06. The van der Waals surface area contributed by atoms with E-state index in [-0.39, 0.29) is 17.8 Å². The molecule has 0 saturated carbocycles. The fourth-order valence-electron chi connectivity index (χ4n) is 2.81. The predicted octanol–water partition coefficient (Wildman–Crippen LogP) is 1.67. The Labute approximate surface area is 140 Å². The normalized spacial score (nSPS) is 16.8. The number of amides is 1. The van der Waals surface area contributed by atoms with E-state index in [0.29, 0.717) is 11.3 Å². The molecule has 0 radical (unpaired) electrons. The van der Waals surface area contributed by atoms with Gasteiger partial charge in [-0.1, -0.05) is 0 Å². The van der Waals surface area contributed by atoms with E-state index in [1.807, 2.05) is 6.92 Å². The van der Waals surface area contributed by atoms with Gasteiger partial charge in [-0.15, -0.1) is 0 Å². The summed E-state index contributed by atoms with van der Waals surface area (Å²) in [7, 11) is 0. The molecule has 1 aliphatic heterocycles. The molecule has 24 heavy (non-hydrogen) atoms. The van der Waals surface area contributed by atoms with Crippen LogP contribution in [0.5, 0.6) is 0 Å². The smallest absolute Gasteiger partial charge is 0.255 e. The van der Waals surface area contributed by atoms with Crippen LogP contribution in [0.25, 0.3) is 11.3 Å². The number of rotatable bonds is 5. The number of aromatic amines is 1.